The van der Waals surface area contributed by atoms with Gasteiger partial charge in [-0.25, -0.2) is 0 Å². The molecular formula is C13H27LiS3. The molecule has 0 bridgehead atoms. The molecule has 0 saturated heterocycles. The van der Waals surface area contributed by atoms with E-state index < -0.39 is 0 Å². The molecule has 4 heteroatoms. The molecule has 17 heavy (non-hydrogen) atoms. The van der Waals surface area contributed by atoms with Gasteiger partial charge >= 0.3 is 132 Å². The molecule has 0 aliphatic carbocycles. The molecule has 0 aliphatic rings. The predicted molar refractivity (Wildman–Crippen MR) is 90.6 cm³/mol. The normalized spacial score (nSPS) is 12.1. The second-order valence-corrected chi connectivity index (χ2v) is 9.78. The van der Waals surface area contributed by atoms with Crippen molar-refractivity contribution in [3.8, 4) is 0 Å². The fourth-order valence-corrected chi connectivity index (χ4v) is 6.24. The molecule has 0 fully saturated rings. The molecule has 0 saturated carbocycles. The van der Waals surface area contributed by atoms with Gasteiger partial charge in [-0.15, -0.1) is 0 Å². The Morgan fingerprint density at radius 2 is 1.00 bits per heavy atom. The van der Waals surface area contributed by atoms with Crippen molar-refractivity contribution in [2.75, 3.05) is 17.3 Å². The molecule has 0 atom stereocenters. The number of thioether (sulfide) groups is 3. The Morgan fingerprint density at radius 3 is 1.24 bits per heavy atom. The van der Waals surface area contributed by atoms with Crippen LogP contribution in [0.3, 0.4) is 0 Å². The summed E-state index contributed by atoms with van der Waals surface area (Å²) in [7, 11) is 0. The van der Waals surface area contributed by atoms with E-state index in [9.17, 15) is 0 Å². The zero-order valence-electron chi connectivity index (χ0n) is 12.1. The van der Waals surface area contributed by atoms with Crippen molar-refractivity contribution in [2.45, 2.75) is 61.4 Å². The van der Waals surface area contributed by atoms with Gasteiger partial charge in [0.15, 0.2) is 0 Å². The summed E-state index contributed by atoms with van der Waals surface area (Å²) in [5.74, 6) is 3.97. The van der Waals surface area contributed by atoms with Gasteiger partial charge < -0.3 is 0 Å². The molecule has 0 radical (unpaired) electrons. The number of hydrogen-bond donors (Lipinski definition) is 0. The molecule has 0 heterocycles. The van der Waals surface area contributed by atoms with Crippen molar-refractivity contribution in [3.63, 3.8) is 0 Å². The molecule has 0 rings (SSSR count). The molecule has 0 aliphatic heterocycles. The minimum atomic E-state index is 0.402. The summed E-state index contributed by atoms with van der Waals surface area (Å²) in [6.45, 7) is 6.85. The van der Waals surface area contributed by atoms with Gasteiger partial charge in [-0.05, 0) is 0 Å². The van der Waals surface area contributed by atoms with Crippen molar-refractivity contribution in [1.82, 2.24) is 0 Å². The number of unbranched alkanes of at least 4 members (excludes halogenated alkanes) is 3. The molecule has 0 aromatic rings. The van der Waals surface area contributed by atoms with Crippen LogP contribution in [0.4, 0.5) is 0 Å². The molecule has 0 unspecified atom stereocenters. The molecule has 98 valence electrons. The molecule has 0 nitrogen and oxygen atoms in total. The van der Waals surface area contributed by atoms with Crippen molar-refractivity contribution in [2.24, 2.45) is 0 Å². The summed E-state index contributed by atoms with van der Waals surface area (Å²) in [6, 6.07) is 0. The topological polar surface area (TPSA) is 0 Å². The van der Waals surface area contributed by atoms with E-state index >= 15 is 0 Å². The number of rotatable bonds is 12. The third-order valence-electron chi connectivity index (χ3n) is 2.59. The van der Waals surface area contributed by atoms with Crippen LogP contribution in [0.15, 0.2) is 0 Å². The van der Waals surface area contributed by atoms with Gasteiger partial charge in [0, 0.05) is 0 Å². The average Bonchev–Trinajstić information content (AvgIpc) is 2.30. The molecule has 0 aromatic heterocycles. The molecule has 0 aromatic carbocycles. The van der Waals surface area contributed by atoms with E-state index in [4.69, 9.17) is 0 Å². The van der Waals surface area contributed by atoms with Crippen molar-refractivity contribution in [3.05, 3.63) is 0 Å². The summed E-state index contributed by atoms with van der Waals surface area (Å²) in [5, 5.41) is 0. The third-order valence-corrected chi connectivity index (χ3v) is 7.76. The summed E-state index contributed by atoms with van der Waals surface area (Å²) in [5.41, 5.74) is 0. The zero-order chi connectivity index (χ0) is 13.0. The van der Waals surface area contributed by atoms with E-state index in [0.29, 0.717) is 2.08 Å². The zero-order valence-corrected chi connectivity index (χ0v) is 14.5. The maximum absolute atomic E-state index is 2.44. The first-order valence-electron chi connectivity index (χ1n) is 7.10. The van der Waals surface area contributed by atoms with Crippen LogP contribution in [0.25, 0.3) is 0 Å². The fraction of sp³-hybridized carbons (Fsp3) is 1.00. The van der Waals surface area contributed by atoms with Crippen LogP contribution in [0.1, 0.15) is 59.3 Å². The van der Waals surface area contributed by atoms with Gasteiger partial charge in [0.25, 0.3) is 0 Å². The molecular weight excluding hydrogens is 259 g/mol. The standard InChI is InChI=1S/C13H27S3.Li/c1-4-7-10-14-13(15-11-8-5-2)16-12-9-6-3;/h4-12H2,1-3H3;. The SMILES string of the molecule is [Li][C](SCCCC)(SCCCC)SCCCC. The third kappa shape index (κ3) is 11.2. The number of hydrogen-bond acceptors (Lipinski definition) is 3. The predicted octanol–water partition coefficient (Wildman–Crippen LogP) is 5.37. The Kier molecular flexibility index (Phi) is 13.9. The van der Waals surface area contributed by atoms with Gasteiger partial charge in [0.05, 0.1) is 0 Å². The first-order chi connectivity index (χ1) is 8.18. The van der Waals surface area contributed by atoms with Crippen LogP contribution < -0.4 is 0 Å². The molecule has 0 N–H and O–H groups in total. The van der Waals surface area contributed by atoms with Crippen LogP contribution in [-0.4, -0.2) is 37.1 Å². The van der Waals surface area contributed by atoms with Crippen LogP contribution in [0, 0.1) is 0 Å². The minimum absolute atomic E-state index is 0.402. The van der Waals surface area contributed by atoms with E-state index in [-0.39, 0.29) is 0 Å². The Bertz CT molecular complexity index is 138. The molecule has 0 spiro atoms. The Hall–Kier alpha value is 1.65. The van der Waals surface area contributed by atoms with Gasteiger partial charge in [0.1, 0.15) is 0 Å². The van der Waals surface area contributed by atoms with Gasteiger partial charge in [-0.1, -0.05) is 0 Å². The quantitative estimate of drug-likeness (QED) is 0.269. The molecule has 0 amide bonds. The first kappa shape index (κ1) is 18.6. The average molecular weight is 287 g/mol. The Balaban J connectivity index is 3.95. The Labute approximate surface area is 131 Å². The summed E-state index contributed by atoms with van der Waals surface area (Å²) in [6.07, 6.45) is 8.06. The monoisotopic (exact) mass is 286 g/mol. The van der Waals surface area contributed by atoms with Crippen molar-refractivity contribution in [1.29, 1.82) is 0 Å². The van der Waals surface area contributed by atoms with E-state index in [2.05, 4.69) is 73.8 Å². The van der Waals surface area contributed by atoms with Crippen LogP contribution in [0.2, 0.25) is 0 Å². The van der Waals surface area contributed by atoms with Gasteiger partial charge in [-0.2, -0.15) is 0 Å². The van der Waals surface area contributed by atoms with E-state index in [1.807, 2.05) is 0 Å². The first-order valence-corrected chi connectivity index (χ1v) is 10.1. The van der Waals surface area contributed by atoms with E-state index in [0.717, 1.165) is 0 Å². The summed E-state index contributed by atoms with van der Waals surface area (Å²) >= 11 is 8.96. The Morgan fingerprint density at radius 1 is 0.706 bits per heavy atom. The van der Waals surface area contributed by atoms with Crippen LogP contribution in [-0.2, 0) is 0 Å². The van der Waals surface area contributed by atoms with Crippen LogP contribution >= 0.6 is 35.3 Å². The van der Waals surface area contributed by atoms with E-state index in [1.54, 1.807) is 0 Å². The van der Waals surface area contributed by atoms with Crippen molar-refractivity contribution < 1.29 is 0 Å². The maximum atomic E-state index is 2.44. The fourth-order valence-electron chi connectivity index (χ4n) is 1.33. The summed E-state index contributed by atoms with van der Waals surface area (Å²) in [4.78, 5) is 0. The second kappa shape index (κ2) is 12.7. The summed E-state index contributed by atoms with van der Waals surface area (Å²) < 4.78 is 0.402. The van der Waals surface area contributed by atoms with Crippen molar-refractivity contribution >= 4 is 53.0 Å². The van der Waals surface area contributed by atoms with Gasteiger partial charge in [0.2, 0.25) is 0 Å². The second-order valence-electron chi connectivity index (χ2n) is 4.47. The van der Waals surface area contributed by atoms with Gasteiger partial charge in [-0.3, -0.25) is 0 Å². The van der Waals surface area contributed by atoms with E-state index in [1.165, 1.54) is 55.8 Å². The van der Waals surface area contributed by atoms with Crippen LogP contribution in [0.5, 0.6) is 0 Å².